The summed E-state index contributed by atoms with van der Waals surface area (Å²) >= 11 is 0. The van der Waals surface area contributed by atoms with Crippen LogP contribution in [-0.4, -0.2) is 16.1 Å². The van der Waals surface area contributed by atoms with Gasteiger partial charge in [-0.05, 0) is 13.8 Å². The van der Waals surface area contributed by atoms with E-state index in [0.717, 1.165) is 5.57 Å². The highest BCUT2D eigenvalue weighted by molar-refractivity contribution is 5.60. The highest BCUT2D eigenvalue weighted by Gasteiger charge is 2.07. The summed E-state index contributed by atoms with van der Waals surface area (Å²) in [5.74, 6) is 0.135. The van der Waals surface area contributed by atoms with Gasteiger partial charge in [0, 0.05) is 13.6 Å². The Labute approximate surface area is 92.8 Å². The molecule has 6 nitrogen and oxygen atoms in total. The summed E-state index contributed by atoms with van der Waals surface area (Å²) in [6, 6.07) is 0. The van der Waals surface area contributed by atoms with Crippen LogP contribution in [-0.2, 0) is 7.05 Å². The van der Waals surface area contributed by atoms with E-state index in [-0.39, 0.29) is 11.5 Å². The molecule has 1 aromatic rings. The van der Waals surface area contributed by atoms with E-state index in [9.17, 15) is 9.59 Å². The van der Waals surface area contributed by atoms with Gasteiger partial charge < -0.3 is 11.1 Å². The largest absolute Gasteiger partial charge is 0.383 e. The topological polar surface area (TPSA) is 92.9 Å². The fourth-order valence-electron chi connectivity index (χ4n) is 1.16. The molecule has 0 fully saturated rings. The van der Waals surface area contributed by atoms with Crippen LogP contribution in [0.15, 0.2) is 21.2 Å². The van der Waals surface area contributed by atoms with Crippen LogP contribution >= 0.6 is 0 Å². The first-order chi connectivity index (χ1) is 7.43. The number of anilines is 2. The van der Waals surface area contributed by atoms with Gasteiger partial charge in [-0.25, -0.2) is 4.79 Å². The van der Waals surface area contributed by atoms with Gasteiger partial charge in [-0.2, -0.15) is 0 Å². The zero-order valence-corrected chi connectivity index (χ0v) is 9.63. The molecule has 0 aromatic carbocycles. The SMILES string of the molecule is CC(C)=CCNc1c(N)n(C)c(=O)[nH]c1=O. The van der Waals surface area contributed by atoms with Gasteiger partial charge in [0.05, 0.1) is 0 Å². The first-order valence-corrected chi connectivity index (χ1v) is 4.89. The Hall–Kier alpha value is -1.98. The summed E-state index contributed by atoms with van der Waals surface area (Å²) in [4.78, 5) is 24.8. The van der Waals surface area contributed by atoms with Crippen LogP contribution < -0.4 is 22.3 Å². The van der Waals surface area contributed by atoms with Crippen molar-refractivity contribution >= 4 is 11.5 Å². The molecule has 0 unspecified atom stereocenters. The van der Waals surface area contributed by atoms with Gasteiger partial charge in [-0.1, -0.05) is 11.6 Å². The highest BCUT2D eigenvalue weighted by Crippen LogP contribution is 2.07. The van der Waals surface area contributed by atoms with Gasteiger partial charge in [-0.15, -0.1) is 0 Å². The van der Waals surface area contributed by atoms with Crippen molar-refractivity contribution in [3.8, 4) is 0 Å². The van der Waals surface area contributed by atoms with Crippen LogP contribution in [0.3, 0.4) is 0 Å². The number of H-pyrrole nitrogens is 1. The molecule has 0 aliphatic carbocycles. The van der Waals surface area contributed by atoms with Crippen LogP contribution in [0.4, 0.5) is 11.5 Å². The van der Waals surface area contributed by atoms with Crippen LogP contribution in [0.5, 0.6) is 0 Å². The predicted molar refractivity (Wildman–Crippen MR) is 64.6 cm³/mol. The fourth-order valence-corrected chi connectivity index (χ4v) is 1.16. The number of aromatic amines is 1. The first-order valence-electron chi connectivity index (χ1n) is 4.89. The predicted octanol–water partition coefficient (Wildman–Crippen LogP) is 0.0339. The van der Waals surface area contributed by atoms with Crippen LogP contribution in [0.25, 0.3) is 0 Å². The number of nitrogens with zero attached hydrogens (tertiary/aromatic N) is 1. The molecule has 0 radical (unpaired) electrons. The maximum atomic E-state index is 11.5. The van der Waals surface area contributed by atoms with E-state index in [1.165, 1.54) is 11.6 Å². The third-order valence-electron chi connectivity index (χ3n) is 2.16. The lowest BCUT2D eigenvalue weighted by Crippen LogP contribution is -2.32. The van der Waals surface area contributed by atoms with E-state index in [0.29, 0.717) is 6.54 Å². The molecule has 0 aliphatic heterocycles. The Kier molecular flexibility index (Phi) is 3.55. The lowest BCUT2D eigenvalue weighted by atomic mass is 10.3. The van der Waals surface area contributed by atoms with Crippen LogP contribution in [0, 0.1) is 0 Å². The Morgan fingerprint density at radius 1 is 1.50 bits per heavy atom. The van der Waals surface area contributed by atoms with Crippen molar-refractivity contribution in [1.29, 1.82) is 0 Å². The van der Waals surface area contributed by atoms with Crippen LogP contribution in [0.2, 0.25) is 0 Å². The van der Waals surface area contributed by atoms with Crippen molar-refractivity contribution in [2.45, 2.75) is 13.8 Å². The fraction of sp³-hybridized carbons (Fsp3) is 0.400. The molecule has 1 heterocycles. The summed E-state index contributed by atoms with van der Waals surface area (Å²) in [6.45, 7) is 4.40. The van der Waals surface area contributed by atoms with Gasteiger partial charge in [0.1, 0.15) is 11.5 Å². The summed E-state index contributed by atoms with van der Waals surface area (Å²) < 4.78 is 1.19. The third-order valence-corrected chi connectivity index (χ3v) is 2.16. The summed E-state index contributed by atoms with van der Waals surface area (Å²) in [7, 11) is 1.50. The molecule has 0 aliphatic rings. The Bertz CT molecular complexity index is 521. The van der Waals surface area contributed by atoms with Crippen molar-refractivity contribution in [1.82, 2.24) is 9.55 Å². The minimum absolute atomic E-state index is 0.135. The Morgan fingerprint density at radius 2 is 2.12 bits per heavy atom. The first kappa shape index (κ1) is 12.1. The molecule has 1 aromatic heterocycles. The Balaban J connectivity index is 3.06. The molecule has 0 saturated heterocycles. The summed E-state index contributed by atoms with van der Waals surface area (Å²) in [6.07, 6.45) is 1.92. The Morgan fingerprint density at radius 3 is 2.69 bits per heavy atom. The molecule has 0 atom stereocenters. The molecular weight excluding hydrogens is 208 g/mol. The van der Waals surface area contributed by atoms with Crippen molar-refractivity contribution in [2.24, 2.45) is 7.05 Å². The minimum atomic E-state index is -0.518. The molecule has 0 saturated carbocycles. The number of aromatic nitrogens is 2. The maximum absolute atomic E-state index is 11.5. The number of nitrogens with two attached hydrogens (primary N) is 1. The average molecular weight is 224 g/mol. The summed E-state index contributed by atoms with van der Waals surface area (Å²) in [5.41, 5.74) is 6.00. The van der Waals surface area contributed by atoms with E-state index in [1.54, 1.807) is 0 Å². The summed E-state index contributed by atoms with van der Waals surface area (Å²) in [5, 5.41) is 2.88. The molecule has 0 amide bonds. The van der Waals surface area contributed by atoms with Crippen molar-refractivity contribution in [2.75, 3.05) is 17.6 Å². The number of allylic oxidation sites excluding steroid dienone is 1. The lowest BCUT2D eigenvalue weighted by Gasteiger charge is -2.09. The number of rotatable bonds is 3. The standard InChI is InChI=1S/C10H16N4O2/c1-6(2)4-5-12-7-8(11)14(3)10(16)13-9(7)15/h4,12H,5,11H2,1-3H3,(H,13,15,16). The normalized spacial score (nSPS) is 9.94. The second kappa shape index (κ2) is 4.69. The third kappa shape index (κ3) is 2.53. The van der Waals surface area contributed by atoms with Gasteiger partial charge in [0.25, 0.3) is 5.56 Å². The number of hydrogen-bond acceptors (Lipinski definition) is 4. The molecule has 88 valence electrons. The molecule has 1 rings (SSSR count). The van der Waals surface area contributed by atoms with E-state index in [4.69, 9.17) is 5.73 Å². The molecule has 16 heavy (non-hydrogen) atoms. The quantitative estimate of drug-likeness (QED) is 0.632. The van der Waals surface area contributed by atoms with Gasteiger partial charge >= 0.3 is 5.69 Å². The van der Waals surface area contributed by atoms with E-state index in [2.05, 4.69) is 10.3 Å². The molecular formula is C10H16N4O2. The maximum Gasteiger partial charge on any atom is 0.329 e. The molecule has 0 bridgehead atoms. The highest BCUT2D eigenvalue weighted by atomic mass is 16.2. The van der Waals surface area contributed by atoms with Gasteiger partial charge in [-0.3, -0.25) is 14.3 Å². The van der Waals surface area contributed by atoms with Crippen molar-refractivity contribution in [3.05, 3.63) is 32.5 Å². The van der Waals surface area contributed by atoms with Crippen LogP contribution in [0.1, 0.15) is 13.8 Å². The smallest absolute Gasteiger partial charge is 0.329 e. The number of hydrogen-bond donors (Lipinski definition) is 3. The van der Waals surface area contributed by atoms with Crippen molar-refractivity contribution < 1.29 is 0 Å². The number of nitrogen functional groups attached to an aromatic ring is 1. The monoisotopic (exact) mass is 224 g/mol. The molecule has 0 spiro atoms. The van der Waals surface area contributed by atoms with Gasteiger partial charge in [0.2, 0.25) is 0 Å². The van der Waals surface area contributed by atoms with Gasteiger partial charge in [0.15, 0.2) is 0 Å². The average Bonchev–Trinajstić information content (AvgIpc) is 2.19. The second-order valence-corrected chi connectivity index (χ2v) is 3.74. The van der Waals surface area contributed by atoms with E-state index >= 15 is 0 Å². The number of nitrogens with one attached hydrogen (secondary N) is 2. The van der Waals surface area contributed by atoms with E-state index in [1.807, 2.05) is 19.9 Å². The molecule has 4 N–H and O–H groups in total. The minimum Gasteiger partial charge on any atom is -0.383 e. The van der Waals surface area contributed by atoms with E-state index < -0.39 is 11.2 Å². The zero-order valence-electron chi connectivity index (χ0n) is 9.63. The van der Waals surface area contributed by atoms with Crippen molar-refractivity contribution in [3.63, 3.8) is 0 Å². The molecule has 6 heteroatoms. The lowest BCUT2D eigenvalue weighted by molar-refractivity contribution is 0.814. The second-order valence-electron chi connectivity index (χ2n) is 3.74. The zero-order chi connectivity index (χ0) is 12.3.